The zero-order valence-corrected chi connectivity index (χ0v) is 13.6. The van der Waals surface area contributed by atoms with Crippen LogP contribution in [0.4, 0.5) is 11.4 Å². The standard InChI is InChI=1S/C14H11BrCl2N2O/c1-7-4-12(17)13(6-11(7)16)19-14(20)9-5-8(18)2-3-10(9)15/h2-6H,18H2,1H3,(H,19,20). The zero-order chi connectivity index (χ0) is 14.9. The molecule has 6 heteroatoms. The van der Waals surface area contributed by atoms with Crippen LogP contribution in [0.2, 0.25) is 10.0 Å². The van der Waals surface area contributed by atoms with Crippen molar-refractivity contribution in [2.45, 2.75) is 6.92 Å². The molecule has 3 N–H and O–H groups in total. The summed E-state index contributed by atoms with van der Waals surface area (Å²) in [6.45, 7) is 1.84. The molecule has 104 valence electrons. The molecule has 0 radical (unpaired) electrons. The van der Waals surface area contributed by atoms with E-state index in [-0.39, 0.29) is 5.91 Å². The van der Waals surface area contributed by atoms with E-state index in [4.69, 9.17) is 28.9 Å². The molecule has 0 atom stereocenters. The van der Waals surface area contributed by atoms with Crippen LogP contribution in [0.1, 0.15) is 15.9 Å². The van der Waals surface area contributed by atoms with Gasteiger partial charge < -0.3 is 11.1 Å². The van der Waals surface area contributed by atoms with Gasteiger partial charge in [-0.1, -0.05) is 23.2 Å². The van der Waals surface area contributed by atoms with Gasteiger partial charge in [-0.2, -0.15) is 0 Å². The minimum absolute atomic E-state index is 0.314. The summed E-state index contributed by atoms with van der Waals surface area (Å²) in [5.74, 6) is -0.314. The molecular weight excluding hydrogens is 363 g/mol. The Hall–Kier alpha value is -1.23. The van der Waals surface area contributed by atoms with Crippen molar-refractivity contribution in [1.29, 1.82) is 0 Å². The third kappa shape index (κ3) is 3.26. The van der Waals surface area contributed by atoms with E-state index in [0.717, 1.165) is 5.56 Å². The number of carbonyl (C=O) groups is 1. The first-order valence-electron chi connectivity index (χ1n) is 5.70. The molecule has 3 nitrogen and oxygen atoms in total. The second-order valence-corrected chi connectivity index (χ2v) is 5.94. The van der Waals surface area contributed by atoms with Gasteiger partial charge in [0.25, 0.3) is 5.91 Å². The maximum atomic E-state index is 12.2. The van der Waals surface area contributed by atoms with Crippen molar-refractivity contribution in [3.8, 4) is 0 Å². The fraction of sp³-hybridized carbons (Fsp3) is 0.0714. The van der Waals surface area contributed by atoms with Crippen molar-refractivity contribution in [2.75, 3.05) is 11.1 Å². The first-order chi connectivity index (χ1) is 9.38. The van der Waals surface area contributed by atoms with Gasteiger partial charge >= 0.3 is 0 Å². The predicted octanol–water partition coefficient (Wildman–Crippen LogP) is 4.90. The summed E-state index contributed by atoms with van der Waals surface area (Å²) in [5.41, 5.74) is 7.93. The van der Waals surface area contributed by atoms with E-state index in [2.05, 4.69) is 21.2 Å². The highest BCUT2D eigenvalue weighted by molar-refractivity contribution is 9.10. The Morgan fingerprint density at radius 3 is 2.60 bits per heavy atom. The summed E-state index contributed by atoms with van der Waals surface area (Å²) in [6.07, 6.45) is 0. The highest BCUT2D eigenvalue weighted by atomic mass is 79.9. The minimum Gasteiger partial charge on any atom is -0.399 e. The molecule has 0 aliphatic rings. The molecular formula is C14H11BrCl2N2O. The molecule has 0 aliphatic carbocycles. The number of amides is 1. The highest BCUT2D eigenvalue weighted by Gasteiger charge is 2.13. The van der Waals surface area contributed by atoms with Crippen LogP contribution >= 0.6 is 39.1 Å². The fourth-order valence-corrected chi connectivity index (χ4v) is 2.50. The van der Waals surface area contributed by atoms with Crippen LogP contribution < -0.4 is 11.1 Å². The van der Waals surface area contributed by atoms with Gasteiger partial charge in [-0.05, 0) is 58.7 Å². The number of nitrogen functional groups attached to an aromatic ring is 1. The van der Waals surface area contributed by atoms with Crippen molar-refractivity contribution in [3.05, 3.63) is 56.0 Å². The number of nitrogens with one attached hydrogen (secondary N) is 1. The topological polar surface area (TPSA) is 55.1 Å². The lowest BCUT2D eigenvalue weighted by molar-refractivity contribution is 0.102. The van der Waals surface area contributed by atoms with E-state index >= 15 is 0 Å². The Morgan fingerprint density at radius 1 is 1.20 bits per heavy atom. The molecule has 2 rings (SSSR count). The third-order valence-electron chi connectivity index (χ3n) is 2.73. The van der Waals surface area contributed by atoms with Crippen molar-refractivity contribution >= 4 is 56.4 Å². The second-order valence-electron chi connectivity index (χ2n) is 4.27. The molecule has 0 bridgehead atoms. The first kappa shape index (κ1) is 15.2. The van der Waals surface area contributed by atoms with Crippen LogP contribution in [0, 0.1) is 6.92 Å². The normalized spacial score (nSPS) is 10.4. The Labute approximate surface area is 135 Å². The molecule has 2 aromatic carbocycles. The lowest BCUT2D eigenvalue weighted by Gasteiger charge is -2.10. The Balaban J connectivity index is 2.32. The van der Waals surface area contributed by atoms with E-state index in [9.17, 15) is 4.79 Å². The summed E-state index contributed by atoms with van der Waals surface area (Å²) in [6, 6.07) is 8.33. The summed E-state index contributed by atoms with van der Waals surface area (Å²) in [5, 5.41) is 3.69. The lowest BCUT2D eigenvalue weighted by atomic mass is 10.1. The molecule has 0 saturated heterocycles. The van der Waals surface area contributed by atoms with Crippen molar-refractivity contribution in [2.24, 2.45) is 0 Å². The summed E-state index contributed by atoms with van der Waals surface area (Å²) in [4.78, 5) is 12.2. The van der Waals surface area contributed by atoms with Gasteiger partial charge in [0.2, 0.25) is 0 Å². The van der Waals surface area contributed by atoms with Gasteiger partial charge in [-0.15, -0.1) is 0 Å². The van der Waals surface area contributed by atoms with Crippen LogP contribution in [-0.4, -0.2) is 5.91 Å². The molecule has 20 heavy (non-hydrogen) atoms. The predicted molar refractivity (Wildman–Crippen MR) is 87.7 cm³/mol. The fourth-order valence-electron chi connectivity index (χ4n) is 1.65. The molecule has 1 amide bonds. The lowest BCUT2D eigenvalue weighted by Crippen LogP contribution is -2.13. The molecule has 0 aliphatic heterocycles. The Kier molecular flexibility index (Phi) is 4.58. The quantitative estimate of drug-likeness (QED) is 0.735. The number of hydrogen-bond acceptors (Lipinski definition) is 2. The SMILES string of the molecule is Cc1cc(Cl)c(NC(=O)c2cc(N)ccc2Br)cc1Cl. The minimum atomic E-state index is -0.314. The van der Waals surface area contributed by atoms with Gasteiger partial charge in [-0.25, -0.2) is 0 Å². The second kappa shape index (κ2) is 6.04. The Morgan fingerprint density at radius 2 is 1.90 bits per heavy atom. The molecule has 0 aromatic heterocycles. The highest BCUT2D eigenvalue weighted by Crippen LogP contribution is 2.30. The van der Waals surface area contributed by atoms with E-state index in [1.807, 2.05) is 6.92 Å². The van der Waals surface area contributed by atoms with Gasteiger partial charge in [-0.3, -0.25) is 4.79 Å². The van der Waals surface area contributed by atoms with E-state index in [0.29, 0.717) is 31.5 Å². The maximum Gasteiger partial charge on any atom is 0.256 e. The molecule has 2 aromatic rings. The van der Waals surface area contributed by atoms with Crippen molar-refractivity contribution in [1.82, 2.24) is 0 Å². The molecule has 0 saturated carbocycles. The number of halogens is 3. The van der Waals surface area contributed by atoms with Crippen molar-refractivity contribution in [3.63, 3.8) is 0 Å². The van der Waals surface area contributed by atoms with E-state index < -0.39 is 0 Å². The summed E-state index contributed by atoms with van der Waals surface area (Å²) < 4.78 is 0.651. The largest absolute Gasteiger partial charge is 0.399 e. The number of carbonyl (C=O) groups excluding carboxylic acids is 1. The summed E-state index contributed by atoms with van der Waals surface area (Å²) >= 11 is 15.4. The van der Waals surface area contributed by atoms with E-state index in [1.165, 1.54) is 0 Å². The van der Waals surface area contributed by atoms with Crippen molar-refractivity contribution < 1.29 is 4.79 Å². The number of rotatable bonds is 2. The van der Waals surface area contributed by atoms with E-state index in [1.54, 1.807) is 30.3 Å². The van der Waals surface area contributed by atoms with Crippen LogP contribution in [0.3, 0.4) is 0 Å². The van der Waals surface area contributed by atoms with Gasteiger partial charge in [0.15, 0.2) is 0 Å². The number of nitrogens with two attached hydrogens (primary N) is 1. The third-order valence-corrected chi connectivity index (χ3v) is 4.14. The average molecular weight is 374 g/mol. The van der Waals surface area contributed by atoms with Crippen LogP contribution in [0.5, 0.6) is 0 Å². The number of anilines is 2. The van der Waals surface area contributed by atoms with Gasteiger partial charge in [0, 0.05) is 15.2 Å². The van der Waals surface area contributed by atoms with Crippen LogP contribution in [0.25, 0.3) is 0 Å². The first-order valence-corrected chi connectivity index (χ1v) is 7.25. The number of hydrogen-bond donors (Lipinski definition) is 2. The number of aryl methyl sites for hydroxylation is 1. The zero-order valence-electron chi connectivity index (χ0n) is 10.5. The Bertz CT molecular complexity index is 689. The van der Waals surface area contributed by atoms with Gasteiger partial charge in [0.05, 0.1) is 16.3 Å². The summed E-state index contributed by atoms with van der Waals surface area (Å²) in [7, 11) is 0. The van der Waals surface area contributed by atoms with Crippen LogP contribution in [0.15, 0.2) is 34.8 Å². The smallest absolute Gasteiger partial charge is 0.256 e. The molecule has 0 spiro atoms. The molecule has 0 heterocycles. The van der Waals surface area contributed by atoms with Gasteiger partial charge in [0.1, 0.15) is 0 Å². The van der Waals surface area contributed by atoms with Crippen LogP contribution in [-0.2, 0) is 0 Å². The molecule has 0 fully saturated rings. The average Bonchev–Trinajstić information content (AvgIpc) is 2.38. The maximum absolute atomic E-state index is 12.2. The monoisotopic (exact) mass is 372 g/mol. The number of benzene rings is 2. The molecule has 0 unspecified atom stereocenters.